The number of Topliss-reactive ketones (excluding diaryl/α,β-unsaturated/α-hetero) is 1. The number of carbonyl (C=O) groups excluding carboxylic acids is 1. The third kappa shape index (κ3) is 4.18. The summed E-state index contributed by atoms with van der Waals surface area (Å²) in [4.78, 5) is 12.6. The average Bonchev–Trinajstić information content (AvgIpc) is 3.04. The molecule has 30 heavy (non-hydrogen) atoms. The van der Waals surface area contributed by atoms with Gasteiger partial charge < -0.3 is 8.92 Å². The Kier molecular flexibility index (Phi) is 5.25. The van der Waals surface area contributed by atoms with Crippen molar-refractivity contribution < 1.29 is 22.1 Å². The van der Waals surface area contributed by atoms with Crippen LogP contribution in [0.1, 0.15) is 21.5 Å². The molecule has 0 spiro atoms. The smallest absolute Gasteiger partial charge is 0.339 e. The minimum atomic E-state index is -3.99. The average molecular weight is 418 g/mol. The van der Waals surface area contributed by atoms with E-state index in [1.165, 1.54) is 30.3 Å². The van der Waals surface area contributed by atoms with E-state index in [9.17, 15) is 13.2 Å². The number of ketones is 1. The van der Waals surface area contributed by atoms with Crippen molar-refractivity contribution in [2.24, 2.45) is 0 Å². The predicted octanol–water partition coefficient (Wildman–Crippen LogP) is 4.94. The second-order valence-electron chi connectivity index (χ2n) is 6.74. The maximum Gasteiger partial charge on any atom is 0.339 e. The highest BCUT2D eigenvalue weighted by atomic mass is 32.2. The molecular weight excluding hydrogens is 400 g/mol. The van der Waals surface area contributed by atoms with Gasteiger partial charge in [-0.05, 0) is 42.8 Å². The second-order valence-corrected chi connectivity index (χ2v) is 8.29. The Balaban J connectivity index is 1.52. The number of benzene rings is 3. The van der Waals surface area contributed by atoms with Gasteiger partial charge in [-0.15, -0.1) is 0 Å². The number of allylic oxidation sites excluding steroid dienone is 3. The molecule has 0 saturated heterocycles. The Hall–Kier alpha value is -3.64. The molecule has 1 aliphatic heterocycles. The molecule has 1 heterocycles. The lowest BCUT2D eigenvalue weighted by atomic mass is 10.1. The van der Waals surface area contributed by atoms with Crippen molar-refractivity contribution in [3.8, 4) is 11.5 Å². The zero-order valence-electron chi connectivity index (χ0n) is 16.1. The summed E-state index contributed by atoms with van der Waals surface area (Å²) in [7, 11) is -3.99. The third-order valence-corrected chi connectivity index (χ3v) is 5.75. The summed E-state index contributed by atoms with van der Waals surface area (Å²) in [5.41, 5.74) is 2.29. The molecule has 0 atom stereocenters. The third-order valence-electron chi connectivity index (χ3n) is 4.49. The van der Waals surface area contributed by atoms with E-state index in [2.05, 4.69) is 0 Å². The van der Waals surface area contributed by atoms with Crippen LogP contribution in [0.3, 0.4) is 0 Å². The number of aryl methyl sites for hydroxylation is 1. The minimum absolute atomic E-state index is 0.0530. The van der Waals surface area contributed by atoms with Crippen molar-refractivity contribution in [3.05, 3.63) is 107 Å². The van der Waals surface area contributed by atoms with Crippen molar-refractivity contribution >= 4 is 22.0 Å². The summed E-state index contributed by atoms with van der Waals surface area (Å²) < 4.78 is 35.8. The second kappa shape index (κ2) is 8.00. The van der Waals surface area contributed by atoms with Crippen molar-refractivity contribution in [1.29, 1.82) is 0 Å². The summed E-state index contributed by atoms with van der Waals surface area (Å²) in [6, 6.07) is 20.4. The van der Waals surface area contributed by atoms with Gasteiger partial charge in [0.1, 0.15) is 16.4 Å². The fraction of sp³-hybridized carbons (Fsp3) is 0.0417. The van der Waals surface area contributed by atoms with Crippen molar-refractivity contribution in [2.45, 2.75) is 11.8 Å². The van der Waals surface area contributed by atoms with Gasteiger partial charge in [0, 0.05) is 6.07 Å². The fourth-order valence-electron chi connectivity index (χ4n) is 2.92. The molecule has 0 saturated carbocycles. The molecule has 0 aromatic heterocycles. The Bertz CT molecular complexity index is 1250. The van der Waals surface area contributed by atoms with Crippen LogP contribution in [0.4, 0.5) is 0 Å². The number of hydrogen-bond acceptors (Lipinski definition) is 5. The highest BCUT2D eigenvalue weighted by molar-refractivity contribution is 7.87. The van der Waals surface area contributed by atoms with E-state index in [-0.39, 0.29) is 27.9 Å². The van der Waals surface area contributed by atoms with Crippen molar-refractivity contribution in [2.75, 3.05) is 0 Å². The van der Waals surface area contributed by atoms with Gasteiger partial charge >= 0.3 is 10.1 Å². The molecule has 0 aliphatic carbocycles. The maximum absolute atomic E-state index is 12.5. The van der Waals surface area contributed by atoms with Crippen LogP contribution in [-0.4, -0.2) is 14.2 Å². The molecule has 0 bridgehead atoms. The van der Waals surface area contributed by atoms with Crippen LogP contribution in [0, 0.1) is 6.92 Å². The molecule has 0 N–H and O–H groups in total. The minimum Gasteiger partial charge on any atom is -0.452 e. The van der Waals surface area contributed by atoms with E-state index in [1.807, 2.05) is 43.3 Å². The molecule has 3 aromatic rings. The van der Waals surface area contributed by atoms with Crippen LogP contribution >= 0.6 is 0 Å². The molecule has 0 amide bonds. The lowest BCUT2D eigenvalue weighted by molar-refractivity contribution is 0.101. The summed E-state index contributed by atoms with van der Waals surface area (Å²) in [6.45, 7) is 1.87. The first kappa shape index (κ1) is 19.7. The van der Waals surface area contributed by atoms with Crippen LogP contribution in [0.2, 0.25) is 0 Å². The standard InChI is InChI=1S/C24H18O5S/c1-17-10-13-20(14-11-17)30(26,27)29-19-12-15-21-23(16-19)28-22(24(21)25)9-5-8-18-6-3-2-4-7-18/h2-16H,1H3. The highest BCUT2D eigenvalue weighted by Gasteiger charge is 2.28. The number of rotatable bonds is 5. The van der Waals surface area contributed by atoms with Crippen LogP contribution in [0.15, 0.2) is 95.6 Å². The Morgan fingerprint density at radius 1 is 0.933 bits per heavy atom. The lowest BCUT2D eigenvalue weighted by Gasteiger charge is -2.08. The lowest BCUT2D eigenvalue weighted by Crippen LogP contribution is -2.09. The van der Waals surface area contributed by atoms with E-state index >= 15 is 0 Å². The summed E-state index contributed by atoms with van der Waals surface area (Å²) >= 11 is 0. The first-order valence-electron chi connectivity index (χ1n) is 9.23. The predicted molar refractivity (Wildman–Crippen MR) is 114 cm³/mol. The first-order chi connectivity index (χ1) is 14.4. The molecule has 150 valence electrons. The van der Waals surface area contributed by atoms with E-state index in [0.717, 1.165) is 11.1 Å². The van der Waals surface area contributed by atoms with Gasteiger partial charge in [0.15, 0.2) is 5.76 Å². The van der Waals surface area contributed by atoms with Crippen molar-refractivity contribution in [3.63, 3.8) is 0 Å². The fourth-order valence-corrected chi connectivity index (χ4v) is 3.85. The van der Waals surface area contributed by atoms with Gasteiger partial charge in [-0.25, -0.2) is 0 Å². The van der Waals surface area contributed by atoms with Crippen LogP contribution in [0.25, 0.3) is 6.08 Å². The van der Waals surface area contributed by atoms with Gasteiger partial charge in [0.05, 0.1) is 5.56 Å². The largest absolute Gasteiger partial charge is 0.452 e. The van der Waals surface area contributed by atoms with Crippen LogP contribution < -0.4 is 8.92 Å². The molecule has 6 heteroatoms. The topological polar surface area (TPSA) is 69.7 Å². The molecule has 4 rings (SSSR count). The maximum atomic E-state index is 12.5. The van der Waals surface area contributed by atoms with Crippen LogP contribution in [-0.2, 0) is 10.1 Å². The Morgan fingerprint density at radius 3 is 2.40 bits per heavy atom. The van der Waals surface area contributed by atoms with Crippen LogP contribution in [0.5, 0.6) is 11.5 Å². The van der Waals surface area contributed by atoms with E-state index in [1.54, 1.807) is 24.3 Å². The molecule has 3 aromatic carbocycles. The zero-order chi connectivity index (χ0) is 21.1. The summed E-state index contributed by atoms with van der Waals surface area (Å²) in [6.07, 6.45) is 5.17. The first-order valence-corrected chi connectivity index (χ1v) is 10.6. The summed E-state index contributed by atoms with van der Waals surface area (Å²) in [5, 5.41) is 0. The Morgan fingerprint density at radius 2 is 1.67 bits per heavy atom. The number of ether oxygens (including phenoxy) is 1. The molecule has 0 fully saturated rings. The SMILES string of the molecule is Cc1ccc(S(=O)(=O)Oc2ccc3c(c2)OC(=CC=Cc2ccccc2)C3=O)cc1. The van der Waals surface area contributed by atoms with Gasteiger partial charge in [-0.3, -0.25) is 4.79 Å². The monoisotopic (exact) mass is 418 g/mol. The molecule has 5 nitrogen and oxygen atoms in total. The van der Waals surface area contributed by atoms with E-state index < -0.39 is 10.1 Å². The number of carbonyl (C=O) groups is 1. The normalized spacial score (nSPS) is 14.7. The van der Waals surface area contributed by atoms with E-state index in [0.29, 0.717) is 5.56 Å². The van der Waals surface area contributed by atoms with Gasteiger partial charge in [-0.1, -0.05) is 60.2 Å². The molecular formula is C24H18O5S. The molecule has 1 aliphatic rings. The summed E-state index contributed by atoms with van der Waals surface area (Å²) in [5.74, 6) is 0.227. The van der Waals surface area contributed by atoms with Crippen molar-refractivity contribution in [1.82, 2.24) is 0 Å². The zero-order valence-corrected chi connectivity index (χ0v) is 16.9. The van der Waals surface area contributed by atoms with Gasteiger partial charge in [0.25, 0.3) is 0 Å². The van der Waals surface area contributed by atoms with Gasteiger partial charge in [-0.2, -0.15) is 8.42 Å². The Labute approximate surface area is 175 Å². The highest BCUT2D eigenvalue weighted by Crippen LogP contribution is 2.35. The van der Waals surface area contributed by atoms with E-state index in [4.69, 9.17) is 8.92 Å². The molecule has 0 unspecified atom stereocenters. The molecule has 0 radical (unpaired) electrons. The quantitative estimate of drug-likeness (QED) is 0.434. The van der Waals surface area contributed by atoms with Gasteiger partial charge in [0.2, 0.25) is 5.78 Å². The number of hydrogen-bond donors (Lipinski definition) is 0. The number of fused-ring (bicyclic) bond motifs is 1.